The van der Waals surface area contributed by atoms with Crippen molar-refractivity contribution in [3.8, 4) is 0 Å². The summed E-state index contributed by atoms with van der Waals surface area (Å²) in [6.45, 7) is 8.76. The SMILES string of the molecule is COCC(C)(C)NCC1CCCCC1C. The summed E-state index contributed by atoms with van der Waals surface area (Å²) in [5, 5.41) is 3.64. The zero-order valence-corrected chi connectivity index (χ0v) is 10.8. The largest absolute Gasteiger partial charge is 0.383 e. The maximum absolute atomic E-state index is 5.21. The zero-order chi connectivity index (χ0) is 11.3. The molecule has 1 fully saturated rings. The van der Waals surface area contributed by atoms with E-state index in [4.69, 9.17) is 4.74 Å². The van der Waals surface area contributed by atoms with Crippen LogP contribution in [0.5, 0.6) is 0 Å². The molecular weight excluding hydrogens is 186 g/mol. The monoisotopic (exact) mass is 213 g/mol. The van der Waals surface area contributed by atoms with Gasteiger partial charge >= 0.3 is 0 Å². The molecule has 0 heterocycles. The second-order valence-electron chi connectivity index (χ2n) is 5.72. The molecule has 1 saturated carbocycles. The first-order valence-corrected chi connectivity index (χ1v) is 6.29. The van der Waals surface area contributed by atoms with Gasteiger partial charge in [0.15, 0.2) is 0 Å². The van der Waals surface area contributed by atoms with Crippen LogP contribution in [0.4, 0.5) is 0 Å². The van der Waals surface area contributed by atoms with Gasteiger partial charge < -0.3 is 10.1 Å². The molecule has 15 heavy (non-hydrogen) atoms. The van der Waals surface area contributed by atoms with Crippen molar-refractivity contribution in [1.29, 1.82) is 0 Å². The van der Waals surface area contributed by atoms with Crippen LogP contribution in [-0.4, -0.2) is 25.8 Å². The van der Waals surface area contributed by atoms with Crippen molar-refractivity contribution in [1.82, 2.24) is 5.32 Å². The molecular formula is C13H27NO. The molecule has 0 saturated heterocycles. The van der Waals surface area contributed by atoms with Gasteiger partial charge in [-0.3, -0.25) is 0 Å². The molecule has 0 bridgehead atoms. The van der Waals surface area contributed by atoms with Crippen molar-refractivity contribution < 1.29 is 4.74 Å². The van der Waals surface area contributed by atoms with Gasteiger partial charge in [-0.25, -0.2) is 0 Å². The third-order valence-electron chi connectivity index (χ3n) is 3.64. The lowest BCUT2D eigenvalue weighted by Gasteiger charge is -2.33. The minimum Gasteiger partial charge on any atom is -0.383 e. The first-order chi connectivity index (χ1) is 7.05. The maximum atomic E-state index is 5.21. The molecule has 1 N–H and O–H groups in total. The van der Waals surface area contributed by atoms with Gasteiger partial charge in [0.05, 0.1) is 6.61 Å². The van der Waals surface area contributed by atoms with Crippen LogP contribution >= 0.6 is 0 Å². The van der Waals surface area contributed by atoms with Crippen LogP contribution in [0.2, 0.25) is 0 Å². The lowest BCUT2D eigenvalue weighted by molar-refractivity contribution is 0.119. The average molecular weight is 213 g/mol. The Labute approximate surface area is 94.8 Å². The van der Waals surface area contributed by atoms with Gasteiger partial charge in [0.1, 0.15) is 0 Å². The summed E-state index contributed by atoms with van der Waals surface area (Å²) in [4.78, 5) is 0. The quantitative estimate of drug-likeness (QED) is 0.758. The third kappa shape index (κ3) is 4.52. The summed E-state index contributed by atoms with van der Waals surface area (Å²) in [5.74, 6) is 1.76. The van der Waals surface area contributed by atoms with Gasteiger partial charge in [0, 0.05) is 12.6 Å². The smallest absolute Gasteiger partial charge is 0.0639 e. The molecule has 0 aromatic rings. The molecule has 2 unspecified atom stereocenters. The Morgan fingerprint density at radius 1 is 1.27 bits per heavy atom. The molecule has 2 atom stereocenters. The van der Waals surface area contributed by atoms with E-state index in [1.165, 1.54) is 25.7 Å². The summed E-state index contributed by atoms with van der Waals surface area (Å²) < 4.78 is 5.21. The van der Waals surface area contributed by atoms with E-state index in [1.807, 2.05) is 0 Å². The molecule has 0 radical (unpaired) electrons. The second-order valence-corrected chi connectivity index (χ2v) is 5.72. The maximum Gasteiger partial charge on any atom is 0.0639 e. The van der Waals surface area contributed by atoms with E-state index < -0.39 is 0 Å². The van der Waals surface area contributed by atoms with Crippen molar-refractivity contribution in [3.63, 3.8) is 0 Å². The third-order valence-corrected chi connectivity index (χ3v) is 3.64. The highest BCUT2D eigenvalue weighted by Gasteiger charge is 2.24. The Balaban J connectivity index is 2.28. The van der Waals surface area contributed by atoms with E-state index in [1.54, 1.807) is 7.11 Å². The molecule has 2 nitrogen and oxygen atoms in total. The minimum absolute atomic E-state index is 0.117. The summed E-state index contributed by atoms with van der Waals surface area (Å²) in [7, 11) is 1.77. The molecule has 1 aliphatic carbocycles. The number of ether oxygens (including phenoxy) is 1. The van der Waals surface area contributed by atoms with Crippen molar-refractivity contribution >= 4 is 0 Å². The topological polar surface area (TPSA) is 21.3 Å². The van der Waals surface area contributed by atoms with Crippen LogP contribution in [0.25, 0.3) is 0 Å². The zero-order valence-electron chi connectivity index (χ0n) is 10.8. The molecule has 0 aromatic heterocycles. The molecule has 0 aromatic carbocycles. The van der Waals surface area contributed by atoms with E-state index in [2.05, 4.69) is 26.1 Å². The first kappa shape index (κ1) is 13.0. The van der Waals surface area contributed by atoms with Gasteiger partial charge in [0.2, 0.25) is 0 Å². The standard InChI is InChI=1S/C13H27NO/c1-11-7-5-6-8-12(11)9-14-13(2,3)10-15-4/h11-12,14H,5-10H2,1-4H3. The van der Waals surface area contributed by atoms with Crippen molar-refractivity contribution in [2.45, 2.75) is 52.0 Å². The fraction of sp³-hybridized carbons (Fsp3) is 1.00. The van der Waals surface area contributed by atoms with E-state index in [-0.39, 0.29) is 5.54 Å². The summed E-state index contributed by atoms with van der Waals surface area (Å²) in [6, 6.07) is 0. The average Bonchev–Trinajstić information content (AvgIpc) is 2.16. The van der Waals surface area contributed by atoms with E-state index in [0.29, 0.717) is 0 Å². The molecule has 1 rings (SSSR count). The number of hydrogen-bond donors (Lipinski definition) is 1. The fourth-order valence-corrected chi connectivity index (χ4v) is 2.52. The molecule has 0 amide bonds. The molecule has 0 spiro atoms. The van der Waals surface area contributed by atoms with Crippen LogP contribution in [0, 0.1) is 11.8 Å². The van der Waals surface area contributed by atoms with Crippen molar-refractivity contribution in [2.75, 3.05) is 20.3 Å². The van der Waals surface area contributed by atoms with E-state index in [0.717, 1.165) is 25.0 Å². The Morgan fingerprint density at radius 3 is 2.53 bits per heavy atom. The lowest BCUT2D eigenvalue weighted by Crippen LogP contribution is -2.46. The Morgan fingerprint density at radius 2 is 1.93 bits per heavy atom. The Bertz CT molecular complexity index is 179. The van der Waals surface area contributed by atoms with E-state index in [9.17, 15) is 0 Å². The Hall–Kier alpha value is -0.0800. The van der Waals surface area contributed by atoms with Gasteiger partial charge in [-0.15, -0.1) is 0 Å². The molecule has 2 heteroatoms. The highest BCUT2D eigenvalue weighted by molar-refractivity contribution is 4.81. The number of hydrogen-bond acceptors (Lipinski definition) is 2. The fourth-order valence-electron chi connectivity index (χ4n) is 2.52. The molecule has 1 aliphatic rings. The van der Waals surface area contributed by atoms with Gasteiger partial charge in [-0.1, -0.05) is 26.2 Å². The van der Waals surface area contributed by atoms with Crippen molar-refractivity contribution in [2.24, 2.45) is 11.8 Å². The summed E-state index contributed by atoms with van der Waals surface area (Å²) in [6.07, 6.45) is 5.66. The molecule has 90 valence electrons. The normalized spacial score (nSPS) is 28.0. The van der Waals surface area contributed by atoms with Gasteiger partial charge in [-0.2, -0.15) is 0 Å². The summed E-state index contributed by atoms with van der Waals surface area (Å²) in [5.41, 5.74) is 0.117. The van der Waals surface area contributed by atoms with Crippen LogP contribution in [0.3, 0.4) is 0 Å². The first-order valence-electron chi connectivity index (χ1n) is 6.29. The van der Waals surface area contributed by atoms with Gasteiger partial charge in [0.25, 0.3) is 0 Å². The predicted molar refractivity (Wildman–Crippen MR) is 65.1 cm³/mol. The highest BCUT2D eigenvalue weighted by Crippen LogP contribution is 2.29. The number of methoxy groups -OCH3 is 1. The van der Waals surface area contributed by atoms with Crippen LogP contribution in [0.15, 0.2) is 0 Å². The van der Waals surface area contributed by atoms with E-state index >= 15 is 0 Å². The van der Waals surface area contributed by atoms with Gasteiger partial charge in [-0.05, 0) is 38.6 Å². The second kappa shape index (κ2) is 5.86. The van der Waals surface area contributed by atoms with Crippen LogP contribution in [-0.2, 0) is 4.74 Å². The predicted octanol–water partition coefficient (Wildman–Crippen LogP) is 2.83. The summed E-state index contributed by atoms with van der Waals surface area (Å²) >= 11 is 0. The lowest BCUT2D eigenvalue weighted by atomic mass is 9.80. The number of rotatable bonds is 5. The van der Waals surface area contributed by atoms with Crippen LogP contribution < -0.4 is 5.32 Å². The Kier molecular flexibility index (Phi) is 5.07. The highest BCUT2D eigenvalue weighted by atomic mass is 16.5. The van der Waals surface area contributed by atoms with Crippen molar-refractivity contribution in [3.05, 3.63) is 0 Å². The number of nitrogens with one attached hydrogen (secondary N) is 1. The molecule has 0 aliphatic heterocycles. The minimum atomic E-state index is 0.117. The van der Waals surface area contributed by atoms with Crippen LogP contribution in [0.1, 0.15) is 46.5 Å².